The number of carbonyl (C=O) groups excluding carboxylic acids is 1. The fourth-order valence-electron chi connectivity index (χ4n) is 3.96. The molecule has 2 aliphatic rings. The number of amides is 1. The first-order valence-electron chi connectivity index (χ1n) is 9.33. The number of nitrogens with zero attached hydrogens (tertiary/aromatic N) is 5. The summed E-state index contributed by atoms with van der Waals surface area (Å²) < 4.78 is 1.70. The largest absolute Gasteiger partial charge is 0.396 e. The van der Waals surface area contributed by atoms with Crippen LogP contribution in [-0.2, 0) is 11.3 Å². The van der Waals surface area contributed by atoms with Gasteiger partial charge in [0.05, 0.1) is 6.20 Å². The topological polar surface area (TPSA) is 64.8 Å². The molecule has 1 N–H and O–H groups in total. The van der Waals surface area contributed by atoms with Crippen LogP contribution in [-0.4, -0.2) is 95.0 Å². The lowest BCUT2D eigenvalue weighted by Gasteiger charge is -2.26. The number of aryl methyl sites for hydroxylation is 1. The Morgan fingerprint density at radius 1 is 1.24 bits per heavy atom. The Hall–Kier alpha value is -1.44. The summed E-state index contributed by atoms with van der Waals surface area (Å²) in [6.07, 6.45) is 4.85. The number of carbonyl (C=O) groups is 1. The van der Waals surface area contributed by atoms with Crippen molar-refractivity contribution >= 4 is 5.91 Å². The highest BCUT2D eigenvalue weighted by Crippen LogP contribution is 2.25. The molecular formula is C18H31N5O2. The number of likely N-dealkylation sites (N-methyl/N-ethyl adjacent to an activating group) is 1. The van der Waals surface area contributed by atoms with Crippen LogP contribution in [0.15, 0.2) is 12.4 Å². The summed E-state index contributed by atoms with van der Waals surface area (Å²) >= 11 is 0. The number of hydrogen-bond donors (Lipinski definition) is 1. The molecule has 2 fully saturated rings. The zero-order valence-corrected chi connectivity index (χ0v) is 15.5. The maximum absolute atomic E-state index is 12.6. The molecular weight excluding hydrogens is 318 g/mol. The molecule has 0 bridgehead atoms. The Kier molecular flexibility index (Phi) is 6.09. The van der Waals surface area contributed by atoms with E-state index in [0.717, 1.165) is 44.8 Å². The molecule has 0 aromatic carbocycles. The number of hydrogen-bond acceptors (Lipinski definition) is 5. The van der Waals surface area contributed by atoms with Crippen LogP contribution in [0.25, 0.3) is 0 Å². The van der Waals surface area contributed by atoms with Crippen molar-refractivity contribution in [1.29, 1.82) is 0 Å². The molecule has 0 unspecified atom stereocenters. The molecule has 1 aromatic rings. The van der Waals surface area contributed by atoms with Gasteiger partial charge in [-0.2, -0.15) is 5.10 Å². The van der Waals surface area contributed by atoms with Crippen molar-refractivity contribution in [3.63, 3.8) is 0 Å². The van der Waals surface area contributed by atoms with E-state index in [1.165, 1.54) is 6.42 Å². The average Bonchev–Trinajstić information content (AvgIpc) is 3.12. The van der Waals surface area contributed by atoms with Crippen LogP contribution in [0.5, 0.6) is 0 Å². The van der Waals surface area contributed by atoms with Gasteiger partial charge in [0.2, 0.25) is 5.91 Å². The number of rotatable bonds is 5. The van der Waals surface area contributed by atoms with E-state index in [1.807, 2.05) is 18.0 Å². The Morgan fingerprint density at radius 2 is 2.04 bits per heavy atom. The summed E-state index contributed by atoms with van der Waals surface area (Å²) in [5.74, 6) is 0.639. The third-order valence-corrected chi connectivity index (χ3v) is 5.53. The molecule has 0 aliphatic carbocycles. The molecule has 0 saturated carbocycles. The molecule has 2 aliphatic heterocycles. The molecule has 0 radical (unpaired) electrons. The molecule has 2 saturated heterocycles. The van der Waals surface area contributed by atoms with Crippen molar-refractivity contribution in [3.05, 3.63) is 18.0 Å². The third-order valence-electron chi connectivity index (χ3n) is 5.53. The summed E-state index contributed by atoms with van der Waals surface area (Å²) in [5.41, 5.74) is 1.06. The minimum atomic E-state index is 0.0969. The predicted molar refractivity (Wildman–Crippen MR) is 96.2 cm³/mol. The monoisotopic (exact) mass is 349 g/mol. The van der Waals surface area contributed by atoms with Gasteiger partial charge >= 0.3 is 0 Å². The van der Waals surface area contributed by atoms with Crippen LogP contribution >= 0.6 is 0 Å². The summed E-state index contributed by atoms with van der Waals surface area (Å²) in [6.45, 7) is 9.23. The second kappa shape index (κ2) is 8.29. The van der Waals surface area contributed by atoms with Crippen molar-refractivity contribution in [2.24, 2.45) is 11.8 Å². The lowest BCUT2D eigenvalue weighted by molar-refractivity contribution is -0.131. The predicted octanol–water partition coefficient (Wildman–Crippen LogP) is -0.104. The van der Waals surface area contributed by atoms with Gasteiger partial charge in [0, 0.05) is 51.4 Å². The fraction of sp³-hybridized carbons (Fsp3) is 0.778. The van der Waals surface area contributed by atoms with Gasteiger partial charge in [-0.3, -0.25) is 9.48 Å². The lowest BCUT2D eigenvalue weighted by atomic mass is 9.96. The molecule has 7 nitrogen and oxygen atoms in total. The first-order valence-corrected chi connectivity index (χ1v) is 9.33. The quantitative estimate of drug-likeness (QED) is 0.804. The maximum Gasteiger partial charge on any atom is 0.244 e. The number of aromatic nitrogens is 2. The summed E-state index contributed by atoms with van der Waals surface area (Å²) in [6, 6.07) is 0. The molecule has 1 amide bonds. The highest BCUT2D eigenvalue weighted by Gasteiger charge is 2.35. The molecule has 2 atom stereocenters. The zero-order valence-electron chi connectivity index (χ0n) is 15.5. The van der Waals surface area contributed by atoms with Gasteiger partial charge in [-0.25, -0.2) is 0 Å². The fourth-order valence-corrected chi connectivity index (χ4v) is 3.96. The summed E-state index contributed by atoms with van der Waals surface area (Å²) in [4.78, 5) is 19.4. The second-order valence-corrected chi connectivity index (χ2v) is 7.67. The lowest BCUT2D eigenvalue weighted by Crippen LogP contribution is -2.37. The average molecular weight is 349 g/mol. The Labute approximate surface area is 150 Å². The van der Waals surface area contributed by atoms with Crippen LogP contribution in [0.3, 0.4) is 0 Å². The minimum absolute atomic E-state index is 0.0969. The van der Waals surface area contributed by atoms with E-state index in [4.69, 9.17) is 0 Å². The molecule has 140 valence electrons. The highest BCUT2D eigenvalue weighted by atomic mass is 16.3. The van der Waals surface area contributed by atoms with Crippen molar-refractivity contribution in [3.8, 4) is 0 Å². The molecule has 1 aromatic heterocycles. The summed E-state index contributed by atoms with van der Waals surface area (Å²) in [7, 11) is 2.17. The van der Waals surface area contributed by atoms with Crippen LogP contribution in [0.2, 0.25) is 0 Å². The molecule has 7 heteroatoms. The first kappa shape index (κ1) is 18.4. The van der Waals surface area contributed by atoms with Crippen LogP contribution < -0.4 is 0 Å². The Bertz CT molecular complexity index is 576. The third kappa shape index (κ3) is 4.80. The van der Waals surface area contributed by atoms with E-state index in [0.29, 0.717) is 12.5 Å². The maximum atomic E-state index is 12.6. The van der Waals surface area contributed by atoms with E-state index in [1.54, 1.807) is 10.9 Å². The number of likely N-dealkylation sites (tertiary alicyclic amines) is 1. The SMILES string of the molecule is Cc1cnn(CC(=O)N2C[C@@H](CN3CCCN(C)CC3)[C@@H](CO)C2)c1. The van der Waals surface area contributed by atoms with Gasteiger partial charge in [0.25, 0.3) is 0 Å². The number of aliphatic hydroxyl groups excluding tert-OH is 1. The molecule has 3 rings (SSSR count). The minimum Gasteiger partial charge on any atom is -0.396 e. The standard InChI is InChI=1S/C18H31N5O2/c1-15-8-19-23(9-15)13-18(25)22-11-16(17(12-22)14-24)10-21-5-3-4-20(2)6-7-21/h8-9,16-17,24H,3-7,10-14H2,1-2H3/t16-,17-/m1/s1. The molecule has 25 heavy (non-hydrogen) atoms. The van der Waals surface area contributed by atoms with Crippen molar-refractivity contribution in [2.75, 3.05) is 59.5 Å². The Balaban J connectivity index is 1.55. The zero-order chi connectivity index (χ0) is 17.8. The van der Waals surface area contributed by atoms with Gasteiger partial charge in [-0.1, -0.05) is 0 Å². The van der Waals surface area contributed by atoms with Gasteiger partial charge in [0.1, 0.15) is 6.54 Å². The Morgan fingerprint density at radius 3 is 2.76 bits per heavy atom. The van der Waals surface area contributed by atoms with Crippen molar-refractivity contribution < 1.29 is 9.90 Å². The van der Waals surface area contributed by atoms with E-state index in [9.17, 15) is 9.90 Å². The summed E-state index contributed by atoms with van der Waals surface area (Å²) in [5, 5.41) is 14.0. The smallest absolute Gasteiger partial charge is 0.244 e. The highest BCUT2D eigenvalue weighted by molar-refractivity contribution is 5.76. The van der Waals surface area contributed by atoms with Gasteiger partial charge in [0.15, 0.2) is 0 Å². The van der Waals surface area contributed by atoms with Crippen LogP contribution in [0.4, 0.5) is 0 Å². The van der Waals surface area contributed by atoms with E-state index >= 15 is 0 Å². The van der Waals surface area contributed by atoms with Gasteiger partial charge < -0.3 is 19.8 Å². The molecule has 0 spiro atoms. The van der Waals surface area contributed by atoms with Crippen molar-refractivity contribution in [1.82, 2.24) is 24.5 Å². The second-order valence-electron chi connectivity index (χ2n) is 7.67. The van der Waals surface area contributed by atoms with Gasteiger partial charge in [-0.05, 0) is 45.0 Å². The van der Waals surface area contributed by atoms with E-state index < -0.39 is 0 Å². The number of aliphatic hydroxyl groups is 1. The van der Waals surface area contributed by atoms with Crippen LogP contribution in [0.1, 0.15) is 12.0 Å². The van der Waals surface area contributed by atoms with Gasteiger partial charge in [-0.15, -0.1) is 0 Å². The van der Waals surface area contributed by atoms with E-state index in [2.05, 4.69) is 21.9 Å². The normalized spacial score (nSPS) is 26.1. The van der Waals surface area contributed by atoms with E-state index in [-0.39, 0.29) is 25.0 Å². The first-order chi connectivity index (χ1) is 12.0. The van der Waals surface area contributed by atoms with Crippen LogP contribution in [0, 0.1) is 18.8 Å². The van der Waals surface area contributed by atoms with Crippen molar-refractivity contribution in [2.45, 2.75) is 19.9 Å². The molecule has 3 heterocycles.